The number of para-hydroxylation sites is 1. The van der Waals surface area contributed by atoms with E-state index >= 15 is 0 Å². The number of hydrogen-bond donors (Lipinski definition) is 0. The van der Waals surface area contributed by atoms with Gasteiger partial charge in [-0.2, -0.15) is 0 Å². The first-order valence-electron chi connectivity index (χ1n) is 9.50. The third kappa shape index (κ3) is 3.42. The number of fused-ring (bicyclic) bond motifs is 1. The maximum absolute atomic E-state index is 12.8. The van der Waals surface area contributed by atoms with Crippen molar-refractivity contribution in [1.82, 2.24) is 4.90 Å². The molecule has 0 unspecified atom stereocenters. The van der Waals surface area contributed by atoms with Crippen LogP contribution in [0.1, 0.15) is 35.2 Å². The van der Waals surface area contributed by atoms with E-state index in [2.05, 4.69) is 6.07 Å². The smallest absolute Gasteiger partial charge is 0.253 e. The quantitative estimate of drug-likeness (QED) is 0.840. The van der Waals surface area contributed by atoms with Crippen molar-refractivity contribution in [2.24, 2.45) is 0 Å². The van der Waals surface area contributed by atoms with Crippen LogP contribution in [0.15, 0.2) is 48.5 Å². The average molecular weight is 364 g/mol. The molecule has 2 aliphatic heterocycles. The molecule has 2 aliphatic rings. The van der Waals surface area contributed by atoms with Gasteiger partial charge in [-0.05, 0) is 49.1 Å². The lowest BCUT2D eigenvalue weighted by atomic mass is 9.95. The largest absolute Gasteiger partial charge is 0.497 e. The van der Waals surface area contributed by atoms with Crippen molar-refractivity contribution in [3.63, 3.8) is 0 Å². The topological polar surface area (TPSA) is 49.9 Å². The number of piperidine rings is 1. The second-order valence-corrected chi connectivity index (χ2v) is 7.15. The van der Waals surface area contributed by atoms with Crippen molar-refractivity contribution in [2.45, 2.75) is 31.7 Å². The Hall–Kier alpha value is -2.82. The molecule has 5 nitrogen and oxygen atoms in total. The van der Waals surface area contributed by atoms with Crippen LogP contribution in [0.5, 0.6) is 5.75 Å². The van der Waals surface area contributed by atoms with Gasteiger partial charge >= 0.3 is 0 Å². The van der Waals surface area contributed by atoms with Crippen LogP contribution in [0.3, 0.4) is 0 Å². The Balaban J connectivity index is 1.46. The molecule has 0 aromatic heterocycles. The van der Waals surface area contributed by atoms with E-state index in [-0.39, 0.29) is 17.9 Å². The van der Waals surface area contributed by atoms with Crippen LogP contribution < -0.4 is 9.64 Å². The summed E-state index contributed by atoms with van der Waals surface area (Å²) in [6.45, 7) is 1.32. The summed E-state index contributed by atoms with van der Waals surface area (Å²) < 4.78 is 5.22. The molecule has 0 bridgehead atoms. The molecule has 27 heavy (non-hydrogen) atoms. The highest BCUT2D eigenvalue weighted by molar-refractivity contribution is 5.97. The van der Waals surface area contributed by atoms with E-state index < -0.39 is 0 Å². The number of carbonyl (C=O) groups is 2. The van der Waals surface area contributed by atoms with E-state index in [1.807, 2.05) is 46.2 Å². The summed E-state index contributed by atoms with van der Waals surface area (Å²) in [5, 5.41) is 0. The second-order valence-electron chi connectivity index (χ2n) is 7.15. The van der Waals surface area contributed by atoms with Gasteiger partial charge in [-0.1, -0.05) is 24.3 Å². The lowest BCUT2D eigenvalue weighted by Crippen LogP contribution is -2.50. The molecule has 4 rings (SSSR count). The maximum atomic E-state index is 12.8. The minimum absolute atomic E-state index is 0.0257. The van der Waals surface area contributed by atoms with E-state index in [4.69, 9.17) is 4.74 Å². The van der Waals surface area contributed by atoms with Gasteiger partial charge in [-0.25, -0.2) is 0 Å². The van der Waals surface area contributed by atoms with Gasteiger partial charge in [0, 0.05) is 36.8 Å². The van der Waals surface area contributed by atoms with E-state index in [1.165, 1.54) is 5.56 Å². The first kappa shape index (κ1) is 17.6. The molecule has 5 heteroatoms. The number of nitrogens with zero attached hydrogens (tertiary/aromatic N) is 2. The highest BCUT2D eigenvalue weighted by atomic mass is 16.5. The number of carbonyl (C=O) groups excluding carboxylic acids is 2. The Morgan fingerprint density at radius 1 is 1.04 bits per heavy atom. The van der Waals surface area contributed by atoms with Gasteiger partial charge in [0.15, 0.2) is 0 Å². The Morgan fingerprint density at radius 3 is 2.59 bits per heavy atom. The van der Waals surface area contributed by atoms with E-state index in [0.29, 0.717) is 30.8 Å². The molecular weight excluding hydrogens is 340 g/mol. The number of benzene rings is 2. The van der Waals surface area contributed by atoms with Crippen LogP contribution in [-0.2, 0) is 11.2 Å². The summed E-state index contributed by atoms with van der Waals surface area (Å²) in [7, 11) is 1.60. The summed E-state index contributed by atoms with van der Waals surface area (Å²) >= 11 is 0. The molecule has 0 radical (unpaired) electrons. The van der Waals surface area contributed by atoms with Gasteiger partial charge in [0.2, 0.25) is 5.91 Å². The first-order chi connectivity index (χ1) is 13.2. The number of methoxy groups -OCH3 is 1. The number of amides is 2. The average Bonchev–Trinajstić information content (AvgIpc) is 2.73. The van der Waals surface area contributed by atoms with Crippen LogP contribution >= 0.6 is 0 Å². The van der Waals surface area contributed by atoms with E-state index in [9.17, 15) is 9.59 Å². The Bertz CT molecular complexity index is 856. The number of aryl methyl sites for hydroxylation is 1. The van der Waals surface area contributed by atoms with Crippen molar-refractivity contribution in [2.75, 3.05) is 25.1 Å². The molecule has 2 aromatic carbocycles. The second kappa shape index (κ2) is 7.43. The summed E-state index contributed by atoms with van der Waals surface area (Å²) in [4.78, 5) is 29.3. The van der Waals surface area contributed by atoms with Crippen LogP contribution in [0.25, 0.3) is 0 Å². The molecule has 1 fully saturated rings. The molecular formula is C22H24N2O3. The van der Waals surface area contributed by atoms with Crippen molar-refractivity contribution in [3.05, 3.63) is 59.7 Å². The number of rotatable bonds is 3. The minimum atomic E-state index is 0.0257. The normalized spacial score (nSPS) is 17.6. The molecule has 1 saturated heterocycles. The summed E-state index contributed by atoms with van der Waals surface area (Å²) in [6.07, 6.45) is 2.99. The van der Waals surface area contributed by atoms with Gasteiger partial charge in [0.25, 0.3) is 5.91 Å². The third-order valence-corrected chi connectivity index (χ3v) is 5.56. The SMILES string of the molecule is COc1cccc(C(=O)N2CCC(N3C(=O)CCc4ccccc43)CC2)c1. The zero-order valence-corrected chi connectivity index (χ0v) is 15.6. The van der Waals surface area contributed by atoms with Crippen molar-refractivity contribution < 1.29 is 14.3 Å². The fourth-order valence-corrected chi connectivity index (χ4v) is 4.12. The lowest BCUT2D eigenvalue weighted by Gasteiger charge is -2.41. The molecule has 2 heterocycles. The van der Waals surface area contributed by atoms with Gasteiger partial charge in [-0.3, -0.25) is 9.59 Å². The van der Waals surface area contributed by atoms with Crippen molar-refractivity contribution in [3.8, 4) is 5.75 Å². The van der Waals surface area contributed by atoms with Crippen LogP contribution in [0.4, 0.5) is 5.69 Å². The van der Waals surface area contributed by atoms with Crippen molar-refractivity contribution >= 4 is 17.5 Å². The number of likely N-dealkylation sites (tertiary alicyclic amines) is 1. The molecule has 140 valence electrons. The van der Waals surface area contributed by atoms with Crippen LogP contribution in [0.2, 0.25) is 0 Å². The molecule has 2 aromatic rings. The Morgan fingerprint density at radius 2 is 1.81 bits per heavy atom. The van der Waals surface area contributed by atoms with E-state index in [0.717, 1.165) is 24.9 Å². The van der Waals surface area contributed by atoms with Gasteiger partial charge < -0.3 is 14.5 Å². The zero-order valence-electron chi connectivity index (χ0n) is 15.6. The molecule has 2 amide bonds. The molecule has 0 aliphatic carbocycles. The highest BCUT2D eigenvalue weighted by Crippen LogP contribution is 2.32. The van der Waals surface area contributed by atoms with Crippen LogP contribution in [0, 0.1) is 0 Å². The predicted octanol–water partition coefficient (Wildman–Crippen LogP) is 3.28. The molecule has 0 atom stereocenters. The van der Waals surface area contributed by atoms with E-state index in [1.54, 1.807) is 13.2 Å². The maximum Gasteiger partial charge on any atom is 0.253 e. The van der Waals surface area contributed by atoms with Gasteiger partial charge in [0.1, 0.15) is 5.75 Å². The Labute approximate surface area is 159 Å². The number of hydrogen-bond acceptors (Lipinski definition) is 3. The standard InChI is InChI=1S/C22H24N2O3/c1-27-19-7-4-6-17(15-19)22(26)23-13-11-18(12-14-23)24-20-8-3-2-5-16(20)9-10-21(24)25/h2-8,15,18H,9-14H2,1H3. The molecule has 0 saturated carbocycles. The number of anilines is 1. The molecule has 0 N–H and O–H groups in total. The fraction of sp³-hybridized carbons (Fsp3) is 0.364. The zero-order chi connectivity index (χ0) is 18.8. The third-order valence-electron chi connectivity index (χ3n) is 5.56. The minimum Gasteiger partial charge on any atom is -0.497 e. The first-order valence-corrected chi connectivity index (χ1v) is 9.50. The summed E-state index contributed by atoms with van der Waals surface area (Å²) in [6, 6.07) is 15.6. The van der Waals surface area contributed by atoms with Gasteiger partial charge in [-0.15, -0.1) is 0 Å². The monoisotopic (exact) mass is 364 g/mol. The fourth-order valence-electron chi connectivity index (χ4n) is 4.12. The van der Waals surface area contributed by atoms with Crippen molar-refractivity contribution in [1.29, 1.82) is 0 Å². The Kier molecular flexibility index (Phi) is 4.84. The summed E-state index contributed by atoms with van der Waals surface area (Å²) in [5.74, 6) is 0.912. The highest BCUT2D eigenvalue weighted by Gasteiger charge is 2.33. The lowest BCUT2D eigenvalue weighted by molar-refractivity contribution is -0.119. The van der Waals surface area contributed by atoms with Gasteiger partial charge in [0.05, 0.1) is 7.11 Å². The summed E-state index contributed by atoms with van der Waals surface area (Å²) in [5.41, 5.74) is 2.94. The number of ether oxygens (including phenoxy) is 1. The predicted molar refractivity (Wildman–Crippen MR) is 104 cm³/mol. The molecule has 0 spiro atoms. The van der Waals surface area contributed by atoms with Crippen LogP contribution in [-0.4, -0.2) is 43.0 Å².